The van der Waals surface area contributed by atoms with Gasteiger partial charge >= 0.3 is 6.03 Å². The Kier molecular flexibility index (Phi) is 5.76. The van der Waals surface area contributed by atoms with Gasteiger partial charge in [0.05, 0.1) is 6.26 Å². The Morgan fingerprint density at radius 2 is 1.77 bits per heavy atom. The van der Waals surface area contributed by atoms with Crippen LogP contribution < -0.4 is 10.6 Å². The molecule has 0 aliphatic carbocycles. The van der Waals surface area contributed by atoms with Crippen molar-refractivity contribution < 1.29 is 13.2 Å². The molecule has 0 saturated carbocycles. The van der Waals surface area contributed by atoms with E-state index in [0.29, 0.717) is 39.3 Å². The second-order valence-electron chi connectivity index (χ2n) is 5.25. The summed E-state index contributed by atoms with van der Waals surface area (Å²) in [6.45, 7) is 3.63. The molecule has 1 aliphatic heterocycles. The van der Waals surface area contributed by atoms with Gasteiger partial charge in [0, 0.05) is 45.0 Å². The summed E-state index contributed by atoms with van der Waals surface area (Å²) in [4.78, 5) is 13.9. The van der Waals surface area contributed by atoms with Crippen molar-refractivity contribution in [3.63, 3.8) is 0 Å². The Balaban J connectivity index is 1.64. The lowest BCUT2D eigenvalue weighted by atomic mass is 10.3. The summed E-state index contributed by atoms with van der Waals surface area (Å²) in [6.07, 6.45) is 1.23. The fourth-order valence-corrected chi connectivity index (χ4v) is 3.14. The van der Waals surface area contributed by atoms with E-state index < -0.39 is 10.0 Å². The molecule has 0 spiro atoms. The number of carbonyl (C=O) groups excluding carboxylic acids is 1. The number of amides is 2. The molecule has 0 bridgehead atoms. The zero-order chi connectivity index (χ0) is 16.0. The monoisotopic (exact) mass is 326 g/mol. The molecule has 122 valence electrons. The smallest absolute Gasteiger partial charge is 0.319 e. The van der Waals surface area contributed by atoms with Crippen LogP contribution in [-0.4, -0.2) is 69.2 Å². The van der Waals surface area contributed by atoms with Crippen LogP contribution in [0.5, 0.6) is 0 Å². The average Bonchev–Trinajstić information content (AvgIpc) is 2.48. The van der Waals surface area contributed by atoms with Crippen molar-refractivity contribution in [2.75, 3.05) is 50.8 Å². The van der Waals surface area contributed by atoms with E-state index in [4.69, 9.17) is 0 Å². The van der Waals surface area contributed by atoms with Gasteiger partial charge in [-0.15, -0.1) is 0 Å². The van der Waals surface area contributed by atoms with E-state index in [1.807, 2.05) is 30.3 Å². The Labute approximate surface area is 131 Å². The van der Waals surface area contributed by atoms with Crippen molar-refractivity contribution >= 4 is 21.7 Å². The van der Waals surface area contributed by atoms with Crippen molar-refractivity contribution in [2.45, 2.75) is 0 Å². The highest BCUT2D eigenvalue weighted by Crippen LogP contribution is 2.06. The molecule has 1 aromatic rings. The van der Waals surface area contributed by atoms with Crippen molar-refractivity contribution in [1.29, 1.82) is 0 Å². The second-order valence-corrected chi connectivity index (χ2v) is 7.23. The van der Waals surface area contributed by atoms with Gasteiger partial charge in [-0.3, -0.25) is 4.90 Å². The van der Waals surface area contributed by atoms with Crippen LogP contribution in [-0.2, 0) is 10.0 Å². The minimum Gasteiger partial charge on any atom is -0.337 e. The highest BCUT2D eigenvalue weighted by molar-refractivity contribution is 7.88. The Morgan fingerprint density at radius 3 is 2.36 bits per heavy atom. The molecule has 22 heavy (non-hydrogen) atoms. The lowest BCUT2D eigenvalue weighted by Crippen LogP contribution is -2.50. The first-order chi connectivity index (χ1) is 10.4. The molecule has 7 nitrogen and oxygen atoms in total. The zero-order valence-corrected chi connectivity index (χ0v) is 13.5. The third kappa shape index (κ3) is 5.28. The van der Waals surface area contributed by atoms with Gasteiger partial charge < -0.3 is 10.6 Å². The van der Waals surface area contributed by atoms with E-state index in [9.17, 15) is 13.2 Å². The third-order valence-corrected chi connectivity index (χ3v) is 4.85. The number of hydrogen-bond donors (Lipinski definition) is 2. The van der Waals surface area contributed by atoms with E-state index in [-0.39, 0.29) is 6.03 Å². The molecule has 0 aromatic heterocycles. The van der Waals surface area contributed by atoms with Crippen LogP contribution in [0.15, 0.2) is 30.3 Å². The van der Waals surface area contributed by atoms with Crippen LogP contribution in [0, 0.1) is 0 Å². The molecule has 2 rings (SSSR count). The van der Waals surface area contributed by atoms with E-state index >= 15 is 0 Å². The molecular formula is C14H22N4O3S. The first-order valence-electron chi connectivity index (χ1n) is 7.22. The van der Waals surface area contributed by atoms with Gasteiger partial charge in [-0.05, 0) is 12.1 Å². The summed E-state index contributed by atoms with van der Waals surface area (Å²) in [5, 5.41) is 5.55. The minimum absolute atomic E-state index is 0.235. The molecule has 1 fully saturated rings. The average molecular weight is 326 g/mol. The molecule has 2 amide bonds. The van der Waals surface area contributed by atoms with Crippen molar-refractivity contribution in [3.8, 4) is 0 Å². The Hall–Kier alpha value is -1.64. The maximum Gasteiger partial charge on any atom is 0.319 e. The molecule has 0 unspecified atom stereocenters. The van der Waals surface area contributed by atoms with Gasteiger partial charge in [-0.1, -0.05) is 18.2 Å². The zero-order valence-electron chi connectivity index (χ0n) is 12.7. The summed E-state index contributed by atoms with van der Waals surface area (Å²) in [6, 6.07) is 9.02. The topological polar surface area (TPSA) is 81.8 Å². The lowest BCUT2D eigenvalue weighted by Gasteiger charge is -2.33. The number of urea groups is 1. The highest BCUT2D eigenvalue weighted by atomic mass is 32.2. The summed E-state index contributed by atoms with van der Waals surface area (Å²) in [5.74, 6) is 0. The van der Waals surface area contributed by atoms with E-state index in [1.54, 1.807) is 0 Å². The third-order valence-electron chi connectivity index (χ3n) is 3.55. The van der Waals surface area contributed by atoms with Crippen molar-refractivity contribution in [1.82, 2.24) is 14.5 Å². The van der Waals surface area contributed by atoms with Gasteiger partial charge in [0.15, 0.2) is 0 Å². The predicted octanol–water partition coefficient (Wildman–Crippen LogP) is 0.385. The highest BCUT2D eigenvalue weighted by Gasteiger charge is 2.22. The molecule has 1 aromatic carbocycles. The number of sulfonamides is 1. The van der Waals surface area contributed by atoms with Gasteiger partial charge in [0.1, 0.15) is 0 Å². The van der Waals surface area contributed by atoms with Crippen molar-refractivity contribution in [2.24, 2.45) is 0 Å². The van der Waals surface area contributed by atoms with Crippen LogP contribution in [0.1, 0.15) is 0 Å². The first kappa shape index (κ1) is 16.7. The molecule has 1 saturated heterocycles. The fraction of sp³-hybridized carbons (Fsp3) is 0.500. The molecule has 2 N–H and O–H groups in total. The Bertz CT molecular complexity index is 583. The lowest BCUT2D eigenvalue weighted by molar-refractivity contribution is 0.189. The maximum atomic E-state index is 11.7. The number of para-hydroxylation sites is 1. The minimum atomic E-state index is -3.09. The number of hydrogen-bond acceptors (Lipinski definition) is 4. The van der Waals surface area contributed by atoms with Crippen LogP contribution in [0.2, 0.25) is 0 Å². The maximum absolute atomic E-state index is 11.7. The van der Waals surface area contributed by atoms with Crippen LogP contribution >= 0.6 is 0 Å². The number of nitrogens with one attached hydrogen (secondary N) is 2. The summed E-state index contributed by atoms with van der Waals surface area (Å²) in [7, 11) is -3.09. The molecule has 8 heteroatoms. The number of carbonyl (C=O) groups is 1. The van der Waals surface area contributed by atoms with E-state index in [0.717, 1.165) is 5.69 Å². The molecular weight excluding hydrogens is 304 g/mol. The number of nitrogens with zero attached hydrogens (tertiary/aromatic N) is 2. The predicted molar refractivity (Wildman–Crippen MR) is 86.3 cm³/mol. The number of piperazine rings is 1. The molecule has 1 heterocycles. The van der Waals surface area contributed by atoms with E-state index in [2.05, 4.69) is 15.5 Å². The quantitative estimate of drug-likeness (QED) is 0.820. The number of rotatable bonds is 5. The van der Waals surface area contributed by atoms with Crippen LogP contribution in [0.3, 0.4) is 0 Å². The summed E-state index contributed by atoms with van der Waals surface area (Å²) >= 11 is 0. The SMILES string of the molecule is CS(=O)(=O)N1CCN(CCNC(=O)Nc2ccccc2)CC1. The van der Waals surface area contributed by atoms with Gasteiger partial charge in [0.2, 0.25) is 10.0 Å². The molecule has 0 atom stereocenters. The normalized spacial score (nSPS) is 17.1. The Morgan fingerprint density at radius 1 is 1.14 bits per heavy atom. The van der Waals surface area contributed by atoms with E-state index in [1.165, 1.54) is 10.6 Å². The standard InChI is InChI=1S/C14H22N4O3S/c1-22(20,21)18-11-9-17(10-12-18)8-7-15-14(19)16-13-5-3-2-4-6-13/h2-6H,7-12H2,1H3,(H2,15,16,19). The number of benzene rings is 1. The summed E-state index contributed by atoms with van der Waals surface area (Å²) in [5.41, 5.74) is 0.752. The summed E-state index contributed by atoms with van der Waals surface area (Å²) < 4.78 is 24.3. The number of anilines is 1. The second kappa shape index (κ2) is 7.57. The van der Waals surface area contributed by atoms with Crippen molar-refractivity contribution in [3.05, 3.63) is 30.3 Å². The van der Waals surface area contributed by atoms with Gasteiger partial charge in [0.25, 0.3) is 0 Å². The first-order valence-corrected chi connectivity index (χ1v) is 9.07. The molecule has 1 aliphatic rings. The van der Waals surface area contributed by atoms with Gasteiger partial charge in [-0.2, -0.15) is 4.31 Å². The van der Waals surface area contributed by atoms with Gasteiger partial charge in [-0.25, -0.2) is 13.2 Å². The van der Waals surface area contributed by atoms with Crippen LogP contribution in [0.4, 0.5) is 10.5 Å². The molecule has 0 radical (unpaired) electrons. The fourth-order valence-electron chi connectivity index (χ4n) is 2.31. The van der Waals surface area contributed by atoms with Crippen LogP contribution in [0.25, 0.3) is 0 Å². The largest absolute Gasteiger partial charge is 0.337 e.